The molecule has 1 spiro atoms. The number of rotatable bonds is 3. The SMILES string of the molecule is O=C1N(Cc2c[nH]c3ccccc23)CCC12CCN(c1cc3c(nn1)CCOC3)C2. The van der Waals surface area contributed by atoms with Crippen molar-refractivity contribution in [2.75, 3.05) is 31.1 Å². The summed E-state index contributed by atoms with van der Waals surface area (Å²) in [4.78, 5) is 21.0. The van der Waals surface area contributed by atoms with E-state index in [-0.39, 0.29) is 11.3 Å². The molecule has 1 amide bonds. The number of anilines is 1. The molecule has 6 rings (SSSR count). The lowest BCUT2D eigenvalue weighted by Gasteiger charge is -2.24. The largest absolute Gasteiger partial charge is 0.376 e. The van der Waals surface area contributed by atoms with Gasteiger partial charge in [0.1, 0.15) is 0 Å². The van der Waals surface area contributed by atoms with Gasteiger partial charge < -0.3 is 19.5 Å². The number of carbonyl (C=O) groups excluding carboxylic acids is 1. The number of fused-ring (bicyclic) bond motifs is 2. The average molecular weight is 403 g/mol. The molecule has 2 aromatic heterocycles. The van der Waals surface area contributed by atoms with Crippen molar-refractivity contribution in [2.24, 2.45) is 5.41 Å². The highest BCUT2D eigenvalue weighted by Crippen LogP contribution is 2.42. The minimum Gasteiger partial charge on any atom is -0.376 e. The molecule has 0 aliphatic carbocycles. The van der Waals surface area contributed by atoms with Gasteiger partial charge in [-0.15, -0.1) is 5.10 Å². The Bertz CT molecular complexity index is 1130. The standard InChI is InChI=1S/C23H25N5O2/c29-22-23(6-8-27(22)13-17-12-24-20-4-2-1-3-18(17)20)7-9-28(15-23)21-11-16-14-30-10-5-19(16)25-26-21/h1-4,11-12,24H,5-10,13-15H2. The number of hydrogen-bond donors (Lipinski definition) is 1. The third-order valence-electron chi connectivity index (χ3n) is 7.00. The van der Waals surface area contributed by atoms with Crippen LogP contribution in [0.2, 0.25) is 0 Å². The van der Waals surface area contributed by atoms with Crippen LogP contribution in [0.3, 0.4) is 0 Å². The molecule has 154 valence electrons. The van der Waals surface area contributed by atoms with Crippen LogP contribution in [-0.4, -0.2) is 52.2 Å². The molecule has 7 nitrogen and oxygen atoms in total. The van der Waals surface area contributed by atoms with Crippen molar-refractivity contribution in [3.63, 3.8) is 0 Å². The van der Waals surface area contributed by atoms with E-state index >= 15 is 0 Å². The molecule has 2 saturated heterocycles. The van der Waals surface area contributed by atoms with Crippen LogP contribution in [-0.2, 0) is 29.1 Å². The summed E-state index contributed by atoms with van der Waals surface area (Å²) in [6.07, 6.45) is 4.65. The minimum atomic E-state index is -0.291. The van der Waals surface area contributed by atoms with Crippen molar-refractivity contribution >= 4 is 22.6 Å². The predicted molar refractivity (Wildman–Crippen MR) is 113 cm³/mol. The zero-order valence-electron chi connectivity index (χ0n) is 16.9. The van der Waals surface area contributed by atoms with Crippen LogP contribution >= 0.6 is 0 Å². The Morgan fingerprint density at radius 3 is 3.03 bits per heavy atom. The van der Waals surface area contributed by atoms with Crippen molar-refractivity contribution in [3.05, 3.63) is 53.3 Å². The quantitative estimate of drug-likeness (QED) is 0.728. The van der Waals surface area contributed by atoms with E-state index in [4.69, 9.17) is 4.74 Å². The van der Waals surface area contributed by atoms with Crippen LogP contribution < -0.4 is 4.90 Å². The number of carbonyl (C=O) groups is 1. The number of ether oxygens (including phenoxy) is 1. The molecule has 3 aliphatic rings. The summed E-state index contributed by atoms with van der Waals surface area (Å²) in [6.45, 7) is 4.38. The van der Waals surface area contributed by atoms with E-state index in [1.165, 1.54) is 10.9 Å². The van der Waals surface area contributed by atoms with E-state index in [1.54, 1.807) is 0 Å². The van der Waals surface area contributed by atoms with Gasteiger partial charge in [0.25, 0.3) is 0 Å². The summed E-state index contributed by atoms with van der Waals surface area (Å²) >= 11 is 0. The molecule has 0 bridgehead atoms. The molecular weight excluding hydrogens is 378 g/mol. The van der Waals surface area contributed by atoms with Crippen LogP contribution in [0, 0.1) is 5.41 Å². The summed E-state index contributed by atoms with van der Waals surface area (Å²) < 4.78 is 5.57. The fourth-order valence-corrected chi connectivity index (χ4v) is 5.24. The predicted octanol–water partition coefficient (Wildman–Crippen LogP) is 2.66. The van der Waals surface area contributed by atoms with Gasteiger partial charge in [0.05, 0.1) is 24.3 Å². The van der Waals surface area contributed by atoms with Gasteiger partial charge in [-0.1, -0.05) is 18.2 Å². The minimum absolute atomic E-state index is 0.282. The van der Waals surface area contributed by atoms with Crippen LogP contribution in [0.15, 0.2) is 36.5 Å². The Kier molecular flexibility index (Phi) is 4.06. The fourth-order valence-electron chi connectivity index (χ4n) is 5.24. The van der Waals surface area contributed by atoms with Crippen LogP contribution in [0.1, 0.15) is 29.7 Å². The Hall–Kier alpha value is -2.93. The smallest absolute Gasteiger partial charge is 0.231 e. The lowest BCUT2D eigenvalue weighted by molar-refractivity contribution is -0.135. The van der Waals surface area contributed by atoms with Gasteiger partial charge in [-0.25, -0.2) is 0 Å². The van der Waals surface area contributed by atoms with E-state index < -0.39 is 0 Å². The van der Waals surface area contributed by atoms with Crippen LogP contribution in [0.25, 0.3) is 10.9 Å². The van der Waals surface area contributed by atoms with E-state index in [0.29, 0.717) is 19.8 Å². The Morgan fingerprint density at radius 1 is 1.17 bits per heavy atom. The van der Waals surface area contributed by atoms with E-state index in [2.05, 4.69) is 38.3 Å². The first-order valence-electron chi connectivity index (χ1n) is 10.7. The van der Waals surface area contributed by atoms with Crippen molar-refractivity contribution in [1.82, 2.24) is 20.1 Å². The number of hydrogen-bond acceptors (Lipinski definition) is 5. The maximum absolute atomic E-state index is 13.4. The number of para-hydroxylation sites is 1. The Labute approximate surface area is 175 Å². The molecule has 2 fully saturated rings. The number of aromatic nitrogens is 3. The highest BCUT2D eigenvalue weighted by Gasteiger charge is 2.51. The number of nitrogens with zero attached hydrogens (tertiary/aromatic N) is 4. The molecule has 1 N–H and O–H groups in total. The van der Waals surface area contributed by atoms with Gasteiger partial charge in [0.15, 0.2) is 5.82 Å². The average Bonchev–Trinajstić information content (AvgIpc) is 3.49. The molecular formula is C23H25N5O2. The van der Waals surface area contributed by atoms with Crippen LogP contribution in [0.4, 0.5) is 5.82 Å². The second-order valence-corrected chi connectivity index (χ2v) is 8.77. The zero-order valence-corrected chi connectivity index (χ0v) is 16.9. The molecule has 0 radical (unpaired) electrons. The van der Waals surface area contributed by atoms with E-state index in [9.17, 15) is 4.79 Å². The number of aromatic amines is 1. The first-order chi connectivity index (χ1) is 14.7. The first-order valence-corrected chi connectivity index (χ1v) is 10.7. The van der Waals surface area contributed by atoms with Crippen molar-refractivity contribution in [1.29, 1.82) is 0 Å². The van der Waals surface area contributed by atoms with Gasteiger partial charge in [0.2, 0.25) is 5.91 Å². The third-order valence-corrected chi connectivity index (χ3v) is 7.00. The molecule has 30 heavy (non-hydrogen) atoms. The molecule has 1 unspecified atom stereocenters. The molecule has 5 heterocycles. The third kappa shape index (κ3) is 2.80. The maximum Gasteiger partial charge on any atom is 0.231 e. The normalized spacial score (nSPS) is 23.7. The van der Waals surface area contributed by atoms with Crippen LogP contribution in [0.5, 0.6) is 0 Å². The summed E-state index contributed by atoms with van der Waals surface area (Å²) in [6, 6.07) is 10.4. The molecule has 3 aliphatic heterocycles. The number of amides is 1. The summed E-state index contributed by atoms with van der Waals surface area (Å²) in [5.74, 6) is 1.16. The second-order valence-electron chi connectivity index (χ2n) is 8.77. The lowest BCUT2D eigenvalue weighted by Crippen LogP contribution is -2.37. The molecule has 1 aromatic carbocycles. The van der Waals surface area contributed by atoms with Gasteiger partial charge in [0, 0.05) is 55.3 Å². The van der Waals surface area contributed by atoms with Crippen molar-refractivity contribution < 1.29 is 9.53 Å². The highest BCUT2D eigenvalue weighted by molar-refractivity contribution is 5.88. The fraction of sp³-hybridized carbons (Fsp3) is 0.435. The molecule has 0 saturated carbocycles. The monoisotopic (exact) mass is 403 g/mol. The van der Waals surface area contributed by atoms with Gasteiger partial charge in [-0.2, -0.15) is 5.10 Å². The highest BCUT2D eigenvalue weighted by atomic mass is 16.5. The molecule has 1 atom stereocenters. The molecule has 7 heteroatoms. The lowest BCUT2D eigenvalue weighted by atomic mass is 9.85. The van der Waals surface area contributed by atoms with Gasteiger partial charge in [-0.3, -0.25) is 4.79 Å². The topological polar surface area (TPSA) is 74.4 Å². The number of nitrogens with one attached hydrogen (secondary N) is 1. The zero-order chi connectivity index (χ0) is 20.1. The Morgan fingerprint density at radius 2 is 2.07 bits per heavy atom. The van der Waals surface area contributed by atoms with Crippen molar-refractivity contribution in [2.45, 2.75) is 32.4 Å². The van der Waals surface area contributed by atoms with Gasteiger partial charge in [-0.05, 0) is 30.5 Å². The first kappa shape index (κ1) is 17.9. The van der Waals surface area contributed by atoms with E-state index in [0.717, 1.165) is 61.5 Å². The number of likely N-dealkylation sites (tertiary alicyclic amines) is 1. The van der Waals surface area contributed by atoms with Crippen molar-refractivity contribution in [3.8, 4) is 0 Å². The van der Waals surface area contributed by atoms with E-state index in [1.807, 2.05) is 23.2 Å². The maximum atomic E-state index is 13.4. The number of benzene rings is 1. The summed E-state index contributed by atoms with van der Waals surface area (Å²) in [7, 11) is 0. The summed E-state index contributed by atoms with van der Waals surface area (Å²) in [5.41, 5.74) is 4.19. The molecule has 3 aromatic rings. The number of H-pyrrole nitrogens is 1. The Balaban J connectivity index is 1.19. The van der Waals surface area contributed by atoms with Gasteiger partial charge >= 0.3 is 0 Å². The summed E-state index contributed by atoms with van der Waals surface area (Å²) in [5, 5.41) is 10.1. The second kappa shape index (κ2) is 6.80.